The van der Waals surface area contributed by atoms with Gasteiger partial charge in [0.25, 0.3) is 5.91 Å². The van der Waals surface area contributed by atoms with Crippen LogP contribution in [0.3, 0.4) is 0 Å². The van der Waals surface area contributed by atoms with Crippen LogP contribution in [0, 0.1) is 11.6 Å². The van der Waals surface area contributed by atoms with Crippen molar-refractivity contribution in [1.82, 2.24) is 5.32 Å². The van der Waals surface area contributed by atoms with Crippen molar-refractivity contribution in [2.24, 2.45) is 0 Å². The molecule has 0 aliphatic rings. The highest BCUT2D eigenvalue weighted by Crippen LogP contribution is 2.16. The van der Waals surface area contributed by atoms with Crippen molar-refractivity contribution in [3.8, 4) is 0 Å². The molecule has 0 radical (unpaired) electrons. The van der Waals surface area contributed by atoms with E-state index < -0.39 is 11.6 Å². The highest BCUT2D eigenvalue weighted by molar-refractivity contribution is 5.98. The summed E-state index contributed by atoms with van der Waals surface area (Å²) in [5.41, 5.74) is 0.747. The number of benzene rings is 3. The van der Waals surface area contributed by atoms with Crippen molar-refractivity contribution in [2.45, 2.75) is 6.54 Å². The Morgan fingerprint density at radius 3 is 2.45 bits per heavy atom. The lowest BCUT2D eigenvalue weighted by atomic mass is 10.1. The standard InChI is InChI=1S/C18H13F2NO/c19-16-8-7-15(17(20)10-16)11-21-18(22)14-6-5-12-3-1-2-4-13(12)9-14/h1-10H,11H2,(H,21,22). The maximum absolute atomic E-state index is 13.5. The fraction of sp³-hybridized carbons (Fsp3) is 0.0556. The zero-order valence-corrected chi connectivity index (χ0v) is 11.6. The summed E-state index contributed by atoms with van der Waals surface area (Å²) < 4.78 is 26.4. The summed E-state index contributed by atoms with van der Waals surface area (Å²) in [6.45, 7) is 0.0117. The molecule has 0 atom stereocenters. The Hall–Kier alpha value is -2.75. The van der Waals surface area contributed by atoms with Gasteiger partial charge in [-0.25, -0.2) is 8.78 Å². The van der Waals surface area contributed by atoms with E-state index in [4.69, 9.17) is 0 Å². The minimum Gasteiger partial charge on any atom is -0.348 e. The third-order valence-corrected chi connectivity index (χ3v) is 3.47. The summed E-state index contributed by atoms with van der Waals surface area (Å²) in [6.07, 6.45) is 0. The largest absolute Gasteiger partial charge is 0.348 e. The van der Waals surface area contributed by atoms with Crippen molar-refractivity contribution in [3.05, 3.63) is 83.4 Å². The van der Waals surface area contributed by atoms with Gasteiger partial charge in [-0.3, -0.25) is 4.79 Å². The third kappa shape index (κ3) is 2.96. The molecule has 0 heterocycles. The first kappa shape index (κ1) is 14.2. The molecule has 4 heteroatoms. The van der Waals surface area contributed by atoms with Gasteiger partial charge in [0.05, 0.1) is 0 Å². The summed E-state index contributed by atoms with van der Waals surface area (Å²) >= 11 is 0. The minimum absolute atomic E-state index is 0.0117. The topological polar surface area (TPSA) is 29.1 Å². The first-order chi connectivity index (χ1) is 10.6. The van der Waals surface area contributed by atoms with E-state index in [1.807, 2.05) is 30.3 Å². The molecule has 22 heavy (non-hydrogen) atoms. The van der Waals surface area contributed by atoms with Gasteiger partial charge in [-0.1, -0.05) is 36.4 Å². The molecule has 0 spiro atoms. The number of hydrogen-bond donors (Lipinski definition) is 1. The van der Waals surface area contributed by atoms with Crippen molar-refractivity contribution >= 4 is 16.7 Å². The zero-order chi connectivity index (χ0) is 15.5. The van der Waals surface area contributed by atoms with Gasteiger partial charge in [-0.15, -0.1) is 0 Å². The van der Waals surface area contributed by atoms with Crippen molar-refractivity contribution in [3.63, 3.8) is 0 Å². The molecule has 3 rings (SSSR count). The number of halogens is 2. The average Bonchev–Trinajstić information content (AvgIpc) is 2.53. The molecule has 0 aliphatic heterocycles. The Morgan fingerprint density at radius 2 is 1.68 bits per heavy atom. The van der Waals surface area contributed by atoms with Crippen molar-refractivity contribution < 1.29 is 13.6 Å². The van der Waals surface area contributed by atoms with Gasteiger partial charge < -0.3 is 5.32 Å². The lowest BCUT2D eigenvalue weighted by molar-refractivity contribution is 0.0950. The minimum atomic E-state index is -0.668. The lowest BCUT2D eigenvalue weighted by Gasteiger charge is -2.07. The van der Waals surface area contributed by atoms with Crippen LogP contribution in [-0.2, 0) is 6.54 Å². The number of amides is 1. The molecule has 0 aromatic heterocycles. The van der Waals surface area contributed by atoms with E-state index in [0.29, 0.717) is 5.56 Å². The smallest absolute Gasteiger partial charge is 0.251 e. The van der Waals surface area contributed by atoms with Crippen LogP contribution < -0.4 is 5.32 Å². The van der Waals surface area contributed by atoms with Crippen molar-refractivity contribution in [1.29, 1.82) is 0 Å². The van der Waals surface area contributed by atoms with Crippen LogP contribution in [0.4, 0.5) is 8.78 Å². The SMILES string of the molecule is O=C(NCc1ccc(F)cc1F)c1ccc2ccccc2c1. The van der Waals surface area contributed by atoms with Gasteiger partial charge in [0.15, 0.2) is 0 Å². The average molecular weight is 297 g/mol. The monoisotopic (exact) mass is 297 g/mol. The summed E-state index contributed by atoms with van der Waals surface area (Å²) in [5, 5.41) is 4.65. The van der Waals surface area contributed by atoms with Gasteiger partial charge in [0, 0.05) is 23.7 Å². The zero-order valence-electron chi connectivity index (χ0n) is 11.6. The molecule has 0 unspecified atom stereocenters. The van der Waals surface area contributed by atoms with E-state index in [2.05, 4.69) is 5.32 Å². The summed E-state index contributed by atoms with van der Waals surface area (Å²) in [4.78, 5) is 12.1. The van der Waals surface area contributed by atoms with Crippen LogP contribution in [0.25, 0.3) is 10.8 Å². The van der Waals surface area contributed by atoms with Gasteiger partial charge in [0.2, 0.25) is 0 Å². The summed E-state index contributed by atoms with van der Waals surface area (Å²) in [5.74, 6) is -1.60. The second kappa shape index (κ2) is 5.93. The molecule has 0 bridgehead atoms. The van der Waals surface area contributed by atoms with Crippen LogP contribution in [-0.4, -0.2) is 5.91 Å². The normalized spacial score (nSPS) is 10.6. The highest BCUT2D eigenvalue weighted by atomic mass is 19.1. The van der Waals surface area contributed by atoms with Gasteiger partial charge in [-0.05, 0) is 29.0 Å². The number of rotatable bonds is 3. The quantitative estimate of drug-likeness (QED) is 0.776. The predicted molar refractivity (Wildman–Crippen MR) is 81.5 cm³/mol. The molecule has 110 valence electrons. The molecule has 0 saturated carbocycles. The van der Waals surface area contributed by atoms with Crippen LogP contribution in [0.2, 0.25) is 0 Å². The van der Waals surface area contributed by atoms with E-state index in [9.17, 15) is 13.6 Å². The predicted octanol–water partition coefficient (Wildman–Crippen LogP) is 4.05. The fourth-order valence-corrected chi connectivity index (χ4v) is 2.27. The van der Waals surface area contributed by atoms with Crippen molar-refractivity contribution in [2.75, 3.05) is 0 Å². The molecule has 0 fully saturated rings. The fourth-order valence-electron chi connectivity index (χ4n) is 2.27. The second-order valence-corrected chi connectivity index (χ2v) is 4.98. The summed E-state index contributed by atoms with van der Waals surface area (Å²) in [6, 6.07) is 16.4. The van der Waals surface area contributed by atoms with Crippen LogP contribution in [0.15, 0.2) is 60.7 Å². The number of carbonyl (C=O) groups excluding carboxylic acids is 1. The first-order valence-corrected chi connectivity index (χ1v) is 6.84. The summed E-state index contributed by atoms with van der Waals surface area (Å²) in [7, 11) is 0. The molecule has 3 aromatic rings. The molecule has 1 amide bonds. The van der Waals surface area contributed by atoms with Crippen LogP contribution >= 0.6 is 0 Å². The Morgan fingerprint density at radius 1 is 0.909 bits per heavy atom. The van der Waals surface area contributed by atoms with E-state index in [0.717, 1.165) is 16.8 Å². The number of carbonyl (C=O) groups is 1. The second-order valence-electron chi connectivity index (χ2n) is 4.98. The molecule has 1 N–H and O–H groups in total. The van der Waals surface area contributed by atoms with Crippen LogP contribution in [0.1, 0.15) is 15.9 Å². The van der Waals surface area contributed by atoms with E-state index >= 15 is 0 Å². The van der Waals surface area contributed by atoms with E-state index in [1.165, 1.54) is 12.1 Å². The maximum atomic E-state index is 13.5. The van der Waals surface area contributed by atoms with E-state index in [1.54, 1.807) is 12.1 Å². The molecule has 2 nitrogen and oxygen atoms in total. The van der Waals surface area contributed by atoms with Gasteiger partial charge in [0.1, 0.15) is 11.6 Å². The first-order valence-electron chi connectivity index (χ1n) is 6.84. The number of fused-ring (bicyclic) bond motifs is 1. The number of hydrogen-bond acceptors (Lipinski definition) is 1. The van der Waals surface area contributed by atoms with Gasteiger partial charge >= 0.3 is 0 Å². The molecule has 3 aromatic carbocycles. The third-order valence-electron chi connectivity index (χ3n) is 3.47. The molecule has 0 saturated heterocycles. The Bertz CT molecular complexity index is 845. The molecule has 0 aliphatic carbocycles. The highest BCUT2D eigenvalue weighted by Gasteiger charge is 2.08. The molecular formula is C18H13F2NO. The number of nitrogens with one attached hydrogen (secondary N) is 1. The van der Waals surface area contributed by atoms with Gasteiger partial charge in [-0.2, -0.15) is 0 Å². The van der Waals surface area contributed by atoms with E-state index in [-0.39, 0.29) is 18.0 Å². The maximum Gasteiger partial charge on any atom is 0.251 e. The Balaban J connectivity index is 1.75. The Kier molecular flexibility index (Phi) is 3.83. The lowest BCUT2D eigenvalue weighted by Crippen LogP contribution is -2.23. The van der Waals surface area contributed by atoms with Crippen LogP contribution in [0.5, 0.6) is 0 Å². The molecular weight excluding hydrogens is 284 g/mol. The Labute approximate surface area is 126 Å².